The molecule has 1 amide bonds. The lowest BCUT2D eigenvalue weighted by atomic mass is 9.54. The van der Waals surface area contributed by atoms with Crippen molar-refractivity contribution in [3.8, 4) is 0 Å². The predicted molar refractivity (Wildman–Crippen MR) is 108 cm³/mol. The van der Waals surface area contributed by atoms with E-state index in [1.807, 2.05) is 45.0 Å². The first-order valence-electron chi connectivity index (χ1n) is 8.51. The van der Waals surface area contributed by atoms with Gasteiger partial charge in [0.15, 0.2) is 0 Å². The second-order valence-electron chi connectivity index (χ2n) is 7.05. The number of rotatable bonds is 6. The molecule has 0 radical (unpaired) electrons. The van der Waals surface area contributed by atoms with Crippen LogP contribution < -0.4 is 11.1 Å². The van der Waals surface area contributed by atoms with E-state index in [0.717, 1.165) is 16.9 Å². The standard InChI is InChI=1S/C18H26N4O2.2ClH/c1-4-24-14-11-18(19,17(14,2)3)16(23)20-10-9-15-21-12-7-5-6-8-13(12)22-15;;/h5-8,14H,4,9-11,19H2,1-3H3,(H,20,23)(H,21,22);2*1H. The highest BCUT2D eigenvalue weighted by atomic mass is 35.5. The normalized spacial score (nSPS) is 23.5. The zero-order valence-corrected chi connectivity index (χ0v) is 17.0. The van der Waals surface area contributed by atoms with E-state index in [9.17, 15) is 4.79 Å². The van der Waals surface area contributed by atoms with Crippen molar-refractivity contribution < 1.29 is 9.53 Å². The number of hydrogen-bond donors (Lipinski definition) is 3. The molecule has 1 saturated carbocycles. The molecule has 1 aliphatic carbocycles. The Morgan fingerprint density at radius 2 is 2.08 bits per heavy atom. The predicted octanol–water partition coefficient (Wildman–Crippen LogP) is 2.60. The molecule has 4 N–H and O–H groups in total. The lowest BCUT2D eigenvalue weighted by Gasteiger charge is -2.57. The second-order valence-corrected chi connectivity index (χ2v) is 7.05. The summed E-state index contributed by atoms with van der Waals surface area (Å²) in [6.07, 6.45) is 1.24. The number of nitrogens with two attached hydrogens (primary N) is 1. The van der Waals surface area contributed by atoms with E-state index < -0.39 is 5.54 Å². The maximum atomic E-state index is 12.6. The maximum absolute atomic E-state index is 12.6. The average molecular weight is 403 g/mol. The highest BCUT2D eigenvalue weighted by Crippen LogP contribution is 2.49. The molecule has 6 nitrogen and oxygen atoms in total. The lowest BCUT2D eigenvalue weighted by Crippen LogP contribution is -2.75. The summed E-state index contributed by atoms with van der Waals surface area (Å²) >= 11 is 0. The first-order chi connectivity index (χ1) is 11.4. The third kappa shape index (κ3) is 3.83. The molecule has 8 heteroatoms. The monoisotopic (exact) mass is 402 g/mol. The number of para-hydroxylation sites is 2. The van der Waals surface area contributed by atoms with E-state index in [2.05, 4.69) is 15.3 Å². The van der Waals surface area contributed by atoms with E-state index in [4.69, 9.17) is 10.5 Å². The quantitative estimate of drug-likeness (QED) is 0.691. The summed E-state index contributed by atoms with van der Waals surface area (Å²) in [5, 5.41) is 2.96. The SMILES string of the molecule is CCOC1CC(N)(C(=O)NCCc2nc3ccccc3[nH]2)C1(C)C.Cl.Cl. The number of ether oxygens (including phenoxy) is 1. The number of halogens is 2. The van der Waals surface area contributed by atoms with Crippen molar-refractivity contribution in [2.45, 2.75) is 45.3 Å². The molecule has 1 fully saturated rings. The van der Waals surface area contributed by atoms with Crippen LogP contribution in [0.1, 0.15) is 33.0 Å². The summed E-state index contributed by atoms with van der Waals surface area (Å²) in [6, 6.07) is 7.88. The zero-order chi connectivity index (χ0) is 17.4. The van der Waals surface area contributed by atoms with Gasteiger partial charge in [0.25, 0.3) is 0 Å². The van der Waals surface area contributed by atoms with E-state index >= 15 is 0 Å². The summed E-state index contributed by atoms with van der Waals surface area (Å²) in [6.45, 7) is 7.09. The molecular formula is C18H28Cl2N4O2. The van der Waals surface area contributed by atoms with E-state index in [0.29, 0.717) is 26.0 Å². The summed E-state index contributed by atoms with van der Waals surface area (Å²) in [4.78, 5) is 20.3. The largest absolute Gasteiger partial charge is 0.378 e. The van der Waals surface area contributed by atoms with Crippen molar-refractivity contribution in [1.82, 2.24) is 15.3 Å². The molecule has 0 aliphatic heterocycles. The third-order valence-electron chi connectivity index (χ3n) is 5.32. The van der Waals surface area contributed by atoms with Gasteiger partial charge in [0, 0.05) is 31.4 Å². The zero-order valence-electron chi connectivity index (χ0n) is 15.4. The van der Waals surface area contributed by atoms with Gasteiger partial charge < -0.3 is 20.8 Å². The van der Waals surface area contributed by atoms with Crippen LogP contribution in [-0.4, -0.2) is 40.7 Å². The summed E-state index contributed by atoms with van der Waals surface area (Å²) in [7, 11) is 0. The molecular weight excluding hydrogens is 375 g/mol. The Morgan fingerprint density at radius 1 is 1.38 bits per heavy atom. The fourth-order valence-corrected chi connectivity index (χ4v) is 3.40. The minimum Gasteiger partial charge on any atom is -0.378 e. The number of carbonyl (C=O) groups is 1. The summed E-state index contributed by atoms with van der Waals surface area (Å²) in [5.74, 6) is 0.752. The van der Waals surface area contributed by atoms with E-state index in [1.54, 1.807) is 0 Å². The van der Waals surface area contributed by atoms with Crippen LogP contribution in [0.5, 0.6) is 0 Å². The molecule has 0 saturated heterocycles. The first-order valence-corrected chi connectivity index (χ1v) is 8.51. The van der Waals surface area contributed by atoms with Crippen LogP contribution in [0.2, 0.25) is 0 Å². The number of carbonyl (C=O) groups excluding carboxylic acids is 1. The van der Waals surface area contributed by atoms with Gasteiger partial charge in [-0.05, 0) is 19.1 Å². The Hall–Kier alpha value is -1.34. The van der Waals surface area contributed by atoms with Crippen molar-refractivity contribution >= 4 is 41.8 Å². The lowest BCUT2D eigenvalue weighted by molar-refractivity contribution is -0.170. The fourth-order valence-electron chi connectivity index (χ4n) is 3.40. The Kier molecular flexibility index (Phi) is 7.48. The highest BCUT2D eigenvalue weighted by molar-refractivity contribution is 5.88. The average Bonchev–Trinajstić information content (AvgIpc) is 2.97. The van der Waals surface area contributed by atoms with Crippen LogP contribution in [0.4, 0.5) is 0 Å². The van der Waals surface area contributed by atoms with Crippen LogP contribution in [0.3, 0.4) is 0 Å². The molecule has 3 rings (SSSR count). The molecule has 2 aromatic rings. The summed E-state index contributed by atoms with van der Waals surface area (Å²) in [5.41, 5.74) is 7.07. The maximum Gasteiger partial charge on any atom is 0.240 e. The number of nitrogens with zero attached hydrogens (tertiary/aromatic N) is 1. The Bertz CT molecular complexity index is 717. The Balaban J connectivity index is 0.00000169. The van der Waals surface area contributed by atoms with Gasteiger partial charge in [-0.3, -0.25) is 4.79 Å². The highest BCUT2D eigenvalue weighted by Gasteiger charge is 2.62. The van der Waals surface area contributed by atoms with Crippen molar-refractivity contribution in [3.05, 3.63) is 30.1 Å². The van der Waals surface area contributed by atoms with Gasteiger partial charge >= 0.3 is 0 Å². The molecule has 0 bridgehead atoms. The van der Waals surface area contributed by atoms with Gasteiger partial charge in [0.1, 0.15) is 11.4 Å². The third-order valence-corrected chi connectivity index (χ3v) is 5.32. The second kappa shape index (κ2) is 8.57. The number of nitrogens with one attached hydrogen (secondary N) is 2. The summed E-state index contributed by atoms with van der Waals surface area (Å²) < 4.78 is 5.67. The number of amides is 1. The van der Waals surface area contributed by atoms with Crippen LogP contribution >= 0.6 is 24.8 Å². The Labute approximate surface area is 166 Å². The Morgan fingerprint density at radius 3 is 2.69 bits per heavy atom. The molecule has 1 aliphatic rings. The first kappa shape index (κ1) is 22.7. The van der Waals surface area contributed by atoms with E-state index in [-0.39, 0.29) is 42.2 Å². The molecule has 1 aromatic heterocycles. The minimum absolute atomic E-state index is 0. The molecule has 2 unspecified atom stereocenters. The van der Waals surface area contributed by atoms with Crippen LogP contribution in [0, 0.1) is 5.41 Å². The van der Waals surface area contributed by atoms with Crippen LogP contribution in [0.25, 0.3) is 11.0 Å². The molecule has 1 heterocycles. The molecule has 2 atom stereocenters. The van der Waals surface area contributed by atoms with Crippen molar-refractivity contribution in [2.24, 2.45) is 11.1 Å². The van der Waals surface area contributed by atoms with Crippen molar-refractivity contribution in [3.63, 3.8) is 0 Å². The smallest absolute Gasteiger partial charge is 0.240 e. The molecule has 0 spiro atoms. The molecule has 26 heavy (non-hydrogen) atoms. The minimum atomic E-state index is -0.874. The van der Waals surface area contributed by atoms with Gasteiger partial charge in [-0.25, -0.2) is 4.98 Å². The number of aromatic nitrogens is 2. The number of imidazole rings is 1. The van der Waals surface area contributed by atoms with Gasteiger partial charge in [0.05, 0.1) is 17.1 Å². The van der Waals surface area contributed by atoms with E-state index in [1.165, 1.54) is 0 Å². The van der Waals surface area contributed by atoms with Crippen molar-refractivity contribution in [2.75, 3.05) is 13.2 Å². The van der Waals surface area contributed by atoms with Gasteiger partial charge in [-0.1, -0.05) is 26.0 Å². The number of benzene rings is 1. The number of H-pyrrole nitrogens is 1. The van der Waals surface area contributed by atoms with Gasteiger partial charge in [-0.15, -0.1) is 24.8 Å². The van der Waals surface area contributed by atoms with Crippen molar-refractivity contribution in [1.29, 1.82) is 0 Å². The van der Waals surface area contributed by atoms with Gasteiger partial charge in [-0.2, -0.15) is 0 Å². The van der Waals surface area contributed by atoms with Gasteiger partial charge in [0.2, 0.25) is 5.91 Å². The topological polar surface area (TPSA) is 93.0 Å². The van der Waals surface area contributed by atoms with Crippen LogP contribution in [-0.2, 0) is 16.0 Å². The molecule has 146 valence electrons. The van der Waals surface area contributed by atoms with Crippen LogP contribution in [0.15, 0.2) is 24.3 Å². The number of hydrogen-bond acceptors (Lipinski definition) is 4. The fraction of sp³-hybridized carbons (Fsp3) is 0.556. The molecule has 1 aromatic carbocycles. The number of aromatic amines is 1. The number of fused-ring (bicyclic) bond motifs is 1.